The van der Waals surface area contributed by atoms with Crippen LogP contribution in [0.15, 0.2) is 58.0 Å². The number of aromatic nitrogens is 2. The topological polar surface area (TPSA) is 132 Å². The molecular formula is C28H22ClN5O4S. The van der Waals surface area contributed by atoms with E-state index in [1.54, 1.807) is 36.4 Å². The number of rotatable bonds is 7. The molecule has 0 radical (unpaired) electrons. The Balaban J connectivity index is 1.43. The van der Waals surface area contributed by atoms with Crippen molar-refractivity contribution in [1.29, 1.82) is 5.26 Å². The minimum atomic E-state index is -0.696. The maximum Gasteiger partial charge on any atom is 0.236 e. The number of benzene rings is 2. The Kier molecular flexibility index (Phi) is 7.73. The molecule has 0 saturated carbocycles. The maximum absolute atomic E-state index is 10.1. The smallest absolute Gasteiger partial charge is 0.236 e. The van der Waals surface area contributed by atoms with E-state index in [-0.39, 0.29) is 23.7 Å². The van der Waals surface area contributed by atoms with Gasteiger partial charge < -0.3 is 24.7 Å². The molecule has 3 N–H and O–H groups in total. The molecule has 2 aromatic carbocycles. The van der Waals surface area contributed by atoms with Crippen LogP contribution in [-0.4, -0.2) is 40.5 Å². The Morgan fingerprint density at radius 1 is 1.18 bits per heavy atom. The molecule has 0 amide bonds. The highest BCUT2D eigenvalue weighted by Crippen LogP contribution is 2.42. The number of nitrogens with two attached hydrogens (primary N) is 1. The van der Waals surface area contributed by atoms with Crippen LogP contribution in [-0.2, 0) is 10.5 Å². The van der Waals surface area contributed by atoms with E-state index >= 15 is 0 Å². The SMILES string of the molecule is [C-]#[N+]c1c(N)nc(SCc2nc(-c3ccc(Cl)cc3)oc2C)c(C#N)c1-c1ccc(O[C@H]2COC[C@@H]2O)cc1. The van der Waals surface area contributed by atoms with Crippen molar-refractivity contribution in [1.82, 2.24) is 9.97 Å². The first kappa shape index (κ1) is 26.5. The van der Waals surface area contributed by atoms with Gasteiger partial charge in [-0.25, -0.2) is 14.8 Å². The lowest BCUT2D eigenvalue weighted by atomic mass is 10.00. The van der Waals surface area contributed by atoms with Gasteiger partial charge >= 0.3 is 0 Å². The molecule has 1 aliphatic rings. The van der Waals surface area contributed by atoms with Crippen molar-refractivity contribution < 1.29 is 19.0 Å². The number of aliphatic hydroxyl groups excluding tert-OH is 1. The summed E-state index contributed by atoms with van der Waals surface area (Å²) in [6.45, 7) is 10.0. The second kappa shape index (κ2) is 11.4. The lowest BCUT2D eigenvalue weighted by Gasteiger charge is -2.16. The van der Waals surface area contributed by atoms with Gasteiger partial charge in [0, 0.05) is 21.9 Å². The van der Waals surface area contributed by atoms with Crippen LogP contribution in [0.1, 0.15) is 17.0 Å². The van der Waals surface area contributed by atoms with E-state index in [1.807, 2.05) is 19.1 Å². The quantitative estimate of drug-likeness (QED) is 0.213. The fourth-order valence-electron chi connectivity index (χ4n) is 4.10. The number of halogens is 1. The predicted molar refractivity (Wildman–Crippen MR) is 148 cm³/mol. The lowest BCUT2D eigenvalue weighted by molar-refractivity contribution is 0.0733. The molecule has 0 unspecified atom stereocenters. The standard InChI is InChI=1S/C28H22ClN5O4S/c1-15-21(33-27(37-15)17-3-7-18(29)8-4-17)14-39-28-20(11-30)24(25(32-2)26(31)34-28)16-5-9-19(10-6-16)38-23-13-36-12-22(23)35/h3-10,22-23,35H,12-14H2,1H3,(H2,31,34)/t22-,23-/m0/s1. The number of thioether (sulfide) groups is 1. The highest BCUT2D eigenvalue weighted by molar-refractivity contribution is 7.98. The minimum absolute atomic E-state index is 0.0341. The van der Waals surface area contributed by atoms with Gasteiger partial charge in [0.1, 0.15) is 40.6 Å². The summed E-state index contributed by atoms with van der Waals surface area (Å²) in [4.78, 5) is 12.6. The van der Waals surface area contributed by atoms with Crippen LogP contribution in [0.5, 0.6) is 5.75 Å². The molecule has 3 heterocycles. The van der Waals surface area contributed by atoms with Crippen molar-refractivity contribution >= 4 is 34.9 Å². The molecule has 196 valence electrons. The molecule has 1 aliphatic heterocycles. The Hall–Kier alpha value is -4.06. The number of nitriles is 1. The lowest BCUT2D eigenvalue weighted by Crippen LogP contribution is -2.29. The van der Waals surface area contributed by atoms with E-state index in [0.717, 1.165) is 5.56 Å². The van der Waals surface area contributed by atoms with E-state index in [0.29, 0.717) is 56.6 Å². The predicted octanol–water partition coefficient (Wildman–Crippen LogP) is 5.80. The molecule has 0 bridgehead atoms. The van der Waals surface area contributed by atoms with Crippen molar-refractivity contribution in [2.45, 2.75) is 29.9 Å². The Labute approximate surface area is 234 Å². The van der Waals surface area contributed by atoms with E-state index in [4.69, 9.17) is 37.8 Å². The molecular weight excluding hydrogens is 538 g/mol. The van der Waals surface area contributed by atoms with Crippen molar-refractivity contribution in [3.8, 4) is 34.4 Å². The number of anilines is 1. The maximum atomic E-state index is 10.1. The number of aliphatic hydroxyl groups is 1. The van der Waals surface area contributed by atoms with Gasteiger partial charge in [-0.3, -0.25) is 0 Å². The number of hydrogen-bond acceptors (Lipinski definition) is 9. The van der Waals surface area contributed by atoms with Crippen LogP contribution >= 0.6 is 23.4 Å². The number of ether oxygens (including phenoxy) is 2. The molecule has 11 heteroatoms. The van der Waals surface area contributed by atoms with E-state index in [1.165, 1.54) is 11.8 Å². The number of oxazole rings is 1. The van der Waals surface area contributed by atoms with E-state index in [2.05, 4.69) is 20.9 Å². The Bertz CT molecular complexity index is 1590. The monoisotopic (exact) mass is 559 g/mol. The van der Waals surface area contributed by atoms with Crippen LogP contribution in [0, 0.1) is 24.8 Å². The summed E-state index contributed by atoms with van der Waals surface area (Å²) in [5.41, 5.74) is 9.04. The zero-order chi connectivity index (χ0) is 27.5. The molecule has 9 nitrogen and oxygen atoms in total. The van der Waals surface area contributed by atoms with Crippen LogP contribution < -0.4 is 10.5 Å². The second-order valence-corrected chi connectivity index (χ2v) is 10.1. The first-order valence-electron chi connectivity index (χ1n) is 11.9. The fourth-order valence-corrected chi connectivity index (χ4v) is 5.22. The fraction of sp³-hybridized carbons (Fsp3) is 0.214. The van der Waals surface area contributed by atoms with Gasteiger partial charge in [-0.2, -0.15) is 5.26 Å². The summed E-state index contributed by atoms with van der Waals surface area (Å²) in [5, 5.41) is 21.1. The van der Waals surface area contributed by atoms with Gasteiger partial charge in [-0.15, -0.1) is 0 Å². The zero-order valence-corrected chi connectivity index (χ0v) is 22.3. The summed E-state index contributed by atoms with van der Waals surface area (Å²) in [6, 6.07) is 16.3. The minimum Gasteiger partial charge on any atom is -0.485 e. The van der Waals surface area contributed by atoms with Crippen LogP contribution in [0.2, 0.25) is 5.02 Å². The van der Waals surface area contributed by atoms with E-state index < -0.39 is 12.2 Å². The van der Waals surface area contributed by atoms with Gasteiger partial charge in [0.2, 0.25) is 11.6 Å². The third-order valence-corrected chi connectivity index (χ3v) is 7.39. The van der Waals surface area contributed by atoms with Gasteiger partial charge in [0.15, 0.2) is 0 Å². The van der Waals surface area contributed by atoms with Crippen molar-refractivity contribution in [2.24, 2.45) is 0 Å². The average molecular weight is 560 g/mol. The van der Waals surface area contributed by atoms with Crippen LogP contribution in [0.3, 0.4) is 0 Å². The van der Waals surface area contributed by atoms with Crippen molar-refractivity contribution in [3.05, 3.63) is 82.0 Å². The molecule has 2 aromatic heterocycles. The van der Waals surface area contributed by atoms with Gasteiger partial charge in [-0.05, 0) is 48.9 Å². The first-order chi connectivity index (χ1) is 18.9. The average Bonchev–Trinajstić information content (AvgIpc) is 3.52. The summed E-state index contributed by atoms with van der Waals surface area (Å²) in [6.07, 6.45) is -1.15. The van der Waals surface area contributed by atoms with Gasteiger partial charge in [0.05, 0.1) is 31.0 Å². The van der Waals surface area contributed by atoms with E-state index in [9.17, 15) is 10.4 Å². The summed E-state index contributed by atoms with van der Waals surface area (Å²) in [7, 11) is 0. The molecule has 0 aliphatic carbocycles. The molecule has 1 saturated heterocycles. The first-order valence-corrected chi connectivity index (χ1v) is 13.2. The molecule has 0 spiro atoms. The molecule has 2 atom stereocenters. The highest BCUT2D eigenvalue weighted by Gasteiger charge is 2.28. The third kappa shape index (κ3) is 5.56. The highest BCUT2D eigenvalue weighted by atomic mass is 35.5. The van der Waals surface area contributed by atoms with Gasteiger partial charge in [-0.1, -0.05) is 35.5 Å². The summed E-state index contributed by atoms with van der Waals surface area (Å²) >= 11 is 7.27. The number of nitrogen functional groups attached to an aromatic ring is 1. The van der Waals surface area contributed by atoms with Crippen molar-refractivity contribution in [2.75, 3.05) is 18.9 Å². The Morgan fingerprint density at radius 3 is 2.54 bits per heavy atom. The molecule has 39 heavy (non-hydrogen) atoms. The number of hydrogen-bond donors (Lipinski definition) is 2. The molecule has 1 fully saturated rings. The van der Waals surface area contributed by atoms with Crippen molar-refractivity contribution in [3.63, 3.8) is 0 Å². The molecule has 5 rings (SSSR count). The third-order valence-electron chi connectivity index (χ3n) is 6.15. The number of aryl methyl sites for hydroxylation is 1. The van der Waals surface area contributed by atoms with Crippen LogP contribution in [0.4, 0.5) is 11.5 Å². The Morgan fingerprint density at radius 2 is 1.90 bits per heavy atom. The largest absolute Gasteiger partial charge is 0.485 e. The number of pyridine rings is 1. The van der Waals surface area contributed by atoms with Gasteiger partial charge in [0.25, 0.3) is 0 Å². The molecule has 4 aromatic rings. The summed E-state index contributed by atoms with van der Waals surface area (Å²) < 4.78 is 16.9. The van der Waals surface area contributed by atoms with Crippen LogP contribution in [0.25, 0.3) is 27.4 Å². The normalized spacial score (nSPS) is 16.5. The summed E-state index contributed by atoms with van der Waals surface area (Å²) in [5.74, 6) is 2.05. The zero-order valence-electron chi connectivity index (χ0n) is 20.7. The second-order valence-electron chi connectivity index (χ2n) is 8.73. The number of nitrogens with zero attached hydrogens (tertiary/aromatic N) is 4.